The maximum Gasteiger partial charge on any atom is 0.163 e. The summed E-state index contributed by atoms with van der Waals surface area (Å²) in [7, 11) is 1.23. The molecule has 27 heavy (non-hydrogen) atoms. The molecule has 10 heteroatoms. The maximum absolute atomic E-state index is 12.4. The summed E-state index contributed by atoms with van der Waals surface area (Å²) in [5.41, 5.74) is 0. The highest BCUT2D eigenvalue weighted by molar-refractivity contribution is 8.69. The van der Waals surface area contributed by atoms with E-state index in [2.05, 4.69) is 22.3 Å². The Morgan fingerprint density at radius 1 is 1.04 bits per heavy atom. The summed E-state index contributed by atoms with van der Waals surface area (Å²) >= 11 is 4.11. The molecule has 0 heterocycles. The fourth-order valence-corrected chi connectivity index (χ4v) is 3.16. The van der Waals surface area contributed by atoms with Crippen molar-refractivity contribution in [3.05, 3.63) is 0 Å². The zero-order valence-corrected chi connectivity index (χ0v) is 18.0. The van der Waals surface area contributed by atoms with Crippen LogP contribution in [0.4, 0.5) is 0 Å². The molecule has 0 aliphatic carbocycles. The van der Waals surface area contributed by atoms with Gasteiger partial charge in [0.15, 0.2) is 5.78 Å². The minimum absolute atomic E-state index is 0.0380. The standard InChI is InChI=1S/C17H36N2O6S2/c1-10(2)19-12(15(23)11(3)27-26)6-4-5-7-18-8-13(21)16(24)17(25)14(22)9-20/h10-14,16-22,24-26H,4-9H2,1-3H3/t11?,12-,13?,14?,16?,17?/m0/s1. The third kappa shape index (κ3) is 11.0. The van der Waals surface area contributed by atoms with Gasteiger partial charge in [-0.05, 0) is 26.3 Å². The number of ketones is 1. The van der Waals surface area contributed by atoms with Gasteiger partial charge in [-0.25, -0.2) is 0 Å². The molecule has 162 valence electrons. The van der Waals surface area contributed by atoms with Crippen molar-refractivity contribution in [1.82, 2.24) is 10.6 Å². The van der Waals surface area contributed by atoms with Gasteiger partial charge in [-0.1, -0.05) is 31.1 Å². The molecule has 0 aromatic heterocycles. The summed E-state index contributed by atoms with van der Waals surface area (Å²) < 4.78 is 0. The van der Waals surface area contributed by atoms with Gasteiger partial charge in [0.1, 0.15) is 18.3 Å². The summed E-state index contributed by atoms with van der Waals surface area (Å²) in [6, 6.07) is -0.0197. The number of unbranched alkanes of at least 4 members (excludes halogenated alkanes) is 1. The number of aliphatic hydroxyl groups is 5. The first kappa shape index (κ1) is 27.1. The van der Waals surface area contributed by atoms with E-state index in [1.807, 2.05) is 20.8 Å². The Labute approximate surface area is 170 Å². The van der Waals surface area contributed by atoms with Gasteiger partial charge in [0.05, 0.1) is 24.0 Å². The van der Waals surface area contributed by atoms with Crippen molar-refractivity contribution < 1.29 is 30.3 Å². The van der Waals surface area contributed by atoms with Crippen molar-refractivity contribution in [2.24, 2.45) is 0 Å². The van der Waals surface area contributed by atoms with E-state index in [0.29, 0.717) is 13.0 Å². The molecule has 0 aliphatic rings. The van der Waals surface area contributed by atoms with Crippen LogP contribution in [0.3, 0.4) is 0 Å². The van der Waals surface area contributed by atoms with Gasteiger partial charge < -0.3 is 36.2 Å². The minimum atomic E-state index is -1.62. The molecule has 0 spiro atoms. The van der Waals surface area contributed by atoms with Gasteiger partial charge in [0, 0.05) is 12.6 Å². The van der Waals surface area contributed by atoms with Crippen LogP contribution in [0.25, 0.3) is 0 Å². The Morgan fingerprint density at radius 3 is 2.15 bits per heavy atom. The third-order valence-electron chi connectivity index (χ3n) is 4.21. The second-order valence-electron chi connectivity index (χ2n) is 7.02. The lowest BCUT2D eigenvalue weighted by Gasteiger charge is -2.25. The number of rotatable bonds is 16. The van der Waals surface area contributed by atoms with E-state index >= 15 is 0 Å². The molecule has 0 bridgehead atoms. The maximum atomic E-state index is 12.4. The molecule has 7 N–H and O–H groups in total. The molecule has 0 aromatic rings. The molecule has 8 nitrogen and oxygen atoms in total. The summed E-state index contributed by atoms with van der Waals surface area (Å²) in [6.07, 6.45) is -3.68. The van der Waals surface area contributed by atoms with Crippen molar-refractivity contribution in [2.45, 2.75) is 81.8 Å². The van der Waals surface area contributed by atoms with E-state index in [0.717, 1.165) is 12.8 Å². The summed E-state index contributed by atoms with van der Waals surface area (Å²) in [4.78, 5) is 12.4. The van der Waals surface area contributed by atoms with Crippen molar-refractivity contribution >= 4 is 28.2 Å². The molecule has 0 radical (unpaired) electrons. The molecular weight excluding hydrogens is 392 g/mol. The normalized spacial score (nSPS) is 18.7. The smallest absolute Gasteiger partial charge is 0.163 e. The van der Waals surface area contributed by atoms with Crippen LogP contribution in [-0.2, 0) is 4.79 Å². The lowest BCUT2D eigenvalue weighted by atomic mass is 10.0. The second kappa shape index (κ2) is 15.0. The molecule has 0 amide bonds. The summed E-state index contributed by atoms with van der Waals surface area (Å²) in [5.74, 6) is 0.131. The van der Waals surface area contributed by atoms with Crippen LogP contribution in [0, 0.1) is 0 Å². The fraction of sp³-hybridized carbons (Fsp3) is 0.941. The highest BCUT2D eigenvalue weighted by atomic mass is 33.1. The lowest BCUT2D eigenvalue weighted by Crippen LogP contribution is -2.49. The number of thiol groups is 1. The topological polar surface area (TPSA) is 142 Å². The monoisotopic (exact) mass is 428 g/mol. The predicted octanol–water partition coefficient (Wildman–Crippen LogP) is -0.916. The fourth-order valence-electron chi connectivity index (χ4n) is 2.58. The number of hydrogen-bond donors (Lipinski definition) is 8. The van der Waals surface area contributed by atoms with E-state index in [9.17, 15) is 25.2 Å². The van der Waals surface area contributed by atoms with E-state index in [1.54, 1.807) is 0 Å². The summed E-state index contributed by atoms with van der Waals surface area (Å²) in [6.45, 7) is 5.74. The highest BCUT2D eigenvalue weighted by Crippen LogP contribution is 2.18. The second-order valence-corrected chi connectivity index (χ2v) is 8.57. The number of carbonyl (C=O) groups is 1. The average Bonchev–Trinajstić information content (AvgIpc) is 2.65. The minimum Gasteiger partial charge on any atom is -0.394 e. The van der Waals surface area contributed by atoms with Gasteiger partial charge in [0.25, 0.3) is 0 Å². The SMILES string of the molecule is CC(C)N[C@@H](CCCCNCC(O)C(O)C(O)C(O)CO)C(=O)C(C)SS. The Hall–Kier alpha value is 0.0900. The predicted molar refractivity (Wildman–Crippen MR) is 111 cm³/mol. The van der Waals surface area contributed by atoms with Crippen molar-refractivity contribution in [1.29, 1.82) is 0 Å². The van der Waals surface area contributed by atoms with Crippen molar-refractivity contribution in [2.75, 3.05) is 19.7 Å². The van der Waals surface area contributed by atoms with Crippen LogP contribution in [0.5, 0.6) is 0 Å². The molecule has 6 atom stereocenters. The Kier molecular flexibility index (Phi) is 15.0. The largest absolute Gasteiger partial charge is 0.394 e. The first-order valence-electron chi connectivity index (χ1n) is 9.29. The van der Waals surface area contributed by atoms with Gasteiger partial charge >= 0.3 is 0 Å². The van der Waals surface area contributed by atoms with Crippen LogP contribution >= 0.6 is 22.5 Å². The van der Waals surface area contributed by atoms with Gasteiger partial charge in [-0.15, -0.1) is 11.7 Å². The van der Waals surface area contributed by atoms with Crippen LogP contribution < -0.4 is 10.6 Å². The van der Waals surface area contributed by atoms with Gasteiger partial charge in [0.2, 0.25) is 0 Å². The van der Waals surface area contributed by atoms with E-state index in [-0.39, 0.29) is 29.7 Å². The summed E-state index contributed by atoms with van der Waals surface area (Å²) in [5, 5.41) is 53.2. The third-order valence-corrected chi connectivity index (χ3v) is 5.71. The first-order valence-corrected chi connectivity index (χ1v) is 11.2. The number of hydrogen-bond acceptors (Lipinski definition) is 10. The molecule has 0 saturated heterocycles. The Balaban J connectivity index is 4.15. The number of carbonyl (C=O) groups excluding carboxylic acids is 1. The van der Waals surface area contributed by atoms with Crippen LogP contribution in [0.15, 0.2) is 0 Å². The Bertz CT molecular complexity index is 406. The first-order chi connectivity index (χ1) is 12.6. The van der Waals surface area contributed by atoms with Gasteiger partial charge in [-0.2, -0.15) is 0 Å². The molecule has 0 rings (SSSR count). The van der Waals surface area contributed by atoms with Gasteiger partial charge in [-0.3, -0.25) is 4.79 Å². The lowest BCUT2D eigenvalue weighted by molar-refractivity contribution is -0.120. The number of nitrogens with one attached hydrogen (secondary N) is 2. The molecule has 0 aliphatic heterocycles. The number of aliphatic hydroxyl groups excluding tert-OH is 5. The molecule has 0 fully saturated rings. The Morgan fingerprint density at radius 2 is 1.63 bits per heavy atom. The van der Waals surface area contributed by atoms with Crippen LogP contribution in [0.1, 0.15) is 40.0 Å². The average molecular weight is 429 g/mol. The van der Waals surface area contributed by atoms with Crippen molar-refractivity contribution in [3.8, 4) is 0 Å². The van der Waals surface area contributed by atoms with Crippen LogP contribution in [-0.4, -0.2) is 92.8 Å². The molecule has 0 aromatic carbocycles. The number of Topliss-reactive ketones (excluding diaryl/α,β-unsaturated/α-hetero) is 1. The van der Waals surface area contributed by atoms with E-state index in [4.69, 9.17) is 5.11 Å². The molecule has 0 saturated carbocycles. The zero-order valence-electron chi connectivity index (χ0n) is 16.3. The van der Waals surface area contributed by atoms with Crippen molar-refractivity contribution in [3.63, 3.8) is 0 Å². The van der Waals surface area contributed by atoms with Crippen LogP contribution in [0.2, 0.25) is 0 Å². The van der Waals surface area contributed by atoms with E-state index in [1.165, 1.54) is 10.8 Å². The van der Waals surface area contributed by atoms with E-state index < -0.39 is 31.0 Å². The molecular formula is C17H36N2O6S2. The zero-order chi connectivity index (χ0) is 21.0. The highest BCUT2D eigenvalue weighted by Gasteiger charge is 2.29. The quantitative estimate of drug-likeness (QED) is 0.0890. The molecule has 5 unspecified atom stereocenters.